The van der Waals surface area contributed by atoms with E-state index in [2.05, 4.69) is 28.8 Å². The molecule has 0 saturated heterocycles. The number of benzene rings is 1. The van der Waals surface area contributed by atoms with Gasteiger partial charge in [-0.3, -0.25) is 0 Å². The second-order valence-electron chi connectivity index (χ2n) is 4.16. The molecule has 0 saturated carbocycles. The van der Waals surface area contributed by atoms with Crippen LogP contribution in [0.5, 0.6) is 0 Å². The van der Waals surface area contributed by atoms with Crippen molar-refractivity contribution in [1.82, 2.24) is 5.32 Å². The third-order valence-electron chi connectivity index (χ3n) is 2.84. The second kappa shape index (κ2) is 6.16. The predicted molar refractivity (Wildman–Crippen MR) is 72.5 cm³/mol. The zero-order chi connectivity index (χ0) is 11.2. The maximum Gasteiger partial charge on any atom is 0.0343 e. The number of nitrogens with one attached hydrogen (secondary N) is 2. The average molecular weight is 236 g/mol. The molecule has 16 heavy (non-hydrogen) atoms. The number of aryl methyl sites for hydroxylation is 1. The SMILES string of the molecule is CNCCCNc1ccc2c(c1)CCCS2. The Morgan fingerprint density at radius 3 is 3.12 bits per heavy atom. The molecule has 1 aromatic carbocycles. The van der Waals surface area contributed by atoms with Crippen molar-refractivity contribution >= 4 is 17.4 Å². The summed E-state index contributed by atoms with van der Waals surface area (Å²) in [5.74, 6) is 1.28. The van der Waals surface area contributed by atoms with E-state index in [1.807, 2.05) is 18.8 Å². The van der Waals surface area contributed by atoms with Gasteiger partial charge in [-0.2, -0.15) is 0 Å². The van der Waals surface area contributed by atoms with Gasteiger partial charge in [-0.05, 0) is 62.4 Å². The van der Waals surface area contributed by atoms with E-state index in [0.717, 1.165) is 13.1 Å². The average Bonchev–Trinajstić information content (AvgIpc) is 2.34. The van der Waals surface area contributed by atoms with E-state index in [4.69, 9.17) is 0 Å². The van der Waals surface area contributed by atoms with E-state index < -0.39 is 0 Å². The molecule has 1 aliphatic rings. The number of hydrogen-bond donors (Lipinski definition) is 2. The van der Waals surface area contributed by atoms with Gasteiger partial charge in [0, 0.05) is 17.1 Å². The largest absolute Gasteiger partial charge is 0.385 e. The molecule has 0 bridgehead atoms. The van der Waals surface area contributed by atoms with Gasteiger partial charge < -0.3 is 10.6 Å². The molecular weight excluding hydrogens is 216 g/mol. The Labute approximate surface area is 102 Å². The smallest absolute Gasteiger partial charge is 0.0343 e. The summed E-state index contributed by atoms with van der Waals surface area (Å²) in [5, 5.41) is 6.64. The normalized spacial score (nSPS) is 14.6. The van der Waals surface area contributed by atoms with Gasteiger partial charge in [0.25, 0.3) is 0 Å². The summed E-state index contributed by atoms with van der Waals surface area (Å²) in [6.45, 7) is 2.13. The van der Waals surface area contributed by atoms with Crippen molar-refractivity contribution in [3.63, 3.8) is 0 Å². The number of fused-ring (bicyclic) bond motifs is 1. The van der Waals surface area contributed by atoms with Crippen LogP contribution in [0, 0.1) is 0 Å². The van der Waals surface area contributed by atoms with Gasteiger partial charge in [-0.1, -0.05) is 0 Å². The molecule has 2 rings (SSSR count). The summed E-state index contributed by atoms with van der Waals surface area (Å²) in [6, 6.07) is 6.79. The van der Waals surface area contributed by atoms with Crippen molar-refractivity contribution in [2.75, 3.05) is 31.2 Å². The molecule has 1 heterocycles. The fourth-order valence-electron chi connectivity index (χ4n) is 1.97. The van der Waals surface area contributed by atoms with Crippen LogP contribution in [0.4, 0.5) is 5.69 Å². The van der Waals surface area contributed by atoms with Crippen molar-refractivity contribution in [3.8, 4) is 0 Å². The van der Waals surface area contributed by atoms with Gasteiger partial charge in [0.1, 0.15) is 0 Å². The first-order valence-corrected chi connectivity index (χ1v) is 7.03. The van der Waals surface area contributed by atoms with Gasteiger partial charge in [0.15, 0.2) is 0 Å². The van der Waals surface area contributed by atoms with E-state index in [1.165, 1.54) is 41.2 Å². The fraction of sp³-hybridized carbons (Fsp3) is 0.538. The first kappa shape index (κ1) is 11.8. The van der Waals surface area contributed by atoms with Crippen LogP contribution < -0.4 is 10.6 Å². The van der Waals surface area contributed by atoms with E-state index in [-0.39, 0.29) is 0 Å². The standard InChI is InChI=1S/C13H20N2S/c1-14-7-3-8-15-12-5-6-13-11(10-12)4-2-9-16-13/h5-6,10,14-15H,2-4,7-9H2,1H3. The van der Waals surface area contributed by atoms with Crippen molar-refractivity contribution in [3.05, 3.63) is 23.8 Å². The van der Waals surface area contributed by atoms with Crippen LogP contribution in [0.1, 0.15) is 18.4 Å². The highest BCUT2D eigenvalue weighted by molar-refractivity contribution is 7.99. The minimum absolute atomic E-state index is 1.05. The lowest BCUT2D eigenvalue weighted by Gasteiger charge is -2.16. The van der Waals surface area contributed by atoms with Crippen LogP contribution in [0.3, 0.4) is 0 Å². The first-order valence-electron chi connectivity index (χ1n) is 6.04. The Morgan fingerprint density at radius 2 is 2.25 bits per heavy atom. The summed E-state index contributed by atoms with van der Waals surface area (Å²) >= 11 is 1.99. The van der Waals surface area contributed by atoms with Crippen molar-refractivity contribution in [2.45, 2.75) is 24.2 Å². The summed E-state index contributed by atoms with van der Waals surface area (Å²) in [4.78, 5) is 1.48. The fourth-order valence-corrected chi connectivity index (χ4v) is 2.99. The van der Waals surface area contributed by atoms with Crippen molar-refractivity contribution < 1.29 is 0 Å². The minimum atomic E-state index is 1.05. The van der Waals surface area contributed by atoms with Gasteiger partial charge in [0.2, 0.25) is 0 Å². The van der Waals surface area contributed by atoms with Crippen LogP contribution in [0.25, 0.3) is 0 Å². The first-order chi connectivity index (χ1) is 7.90. The van der Waals surface area contributed by atoms with Gasteiger partial charge in [-0.25, -0.2) is 0 Å². The molecule has 2 nitrogen and oxygen atoms in total. The van der Waals surface area contributed by atoms with Gasteiger partial charge in [-0.15, -0.1) is 11.8 Å². The molecule has 0 atom stereocenters. The number of thioether (sulfide) groups is 1. The van der Waals surface area contributed by atoms with E-state index >= 15 is 0 Å². The highest BCUT2D eigenvalue weighted by atomic mass is 32.2. The Kier molecular flexibility index (Phi) is 4.55. The van der Waals surface area contributed by atoms with Gasteiger partial charge in [0.05, 0.1) is 0 Å². The summed E-state index contributed by atoms with van der Waals surface area (Å²) in [7, 11) is 2.00. The van der Waals surface area contributed by atoms with Gasteiger partial charge >= 0.3 is 0 Å². The molecule has 3 heteroatoms. The highest BCUT2D eigenvalue weighted by Gasteiger charge is 2.09. The highest BCUT2D eigenvalue weighted by Crippen LogP contribution is 2.31. The Hall–Kier alpha value is -0.670. The molecule has 0 radical (unpaired) electrons. The lowest BCUT2D eigenvalue weighted by molar-refractivity contribution is 0.748. The molecule has 1 aromatic rings. The van der Waals surface area contributed by atoms with E-state index in [1.54, 1.807) is 0 Å². The zero-order valence-electron chi connectivity index (χ0n) is 9.88. The molecule has 0 unspecified atom stereocenters. The lowest BCUT2D eigenvalue weighted by atomic mass is 10.1. The summed E-state index contributed by atoms with van der Waals surface area (Å²) in [5.41, 5.74) is 2.80. The third-order valence-corrected chi connectivity index (χ3v) is 4.04. The third kappa shape index (κ3) is 3.16. The molecule has 88 valence electrons. The van der Waals surface area contributed by atoms with E-state index in [0.29, 0.717) is 0 Å². The maximum absolute atomic E-state index is 3.48. The molecule has 0 amide bonds. The quantitative estimate of drug-likeness (QED) is 0.769. The van der Waals surface area contributed by atoms with Crippen LogP contribution in [0.15, 0.2) is 23.1 Å². The number of anilines is 1. The van der Waals surface area contributed by atoms with Crippen LogP contribution >= 0.6 is 11.8 Å². The van der Waals surface area contributed by atoms with Crippen molar-refractivity contribution in [1.29, 1.82) is 0 Å². The molecular formula is C13H20N2S. The Bertz CT molecular complexity index is 339. The second-order valence-corrected chi connectivity index (χ2v) is 5.30. The molecule has 0 fully saturated rings. The number of rotatable bonds is 5. The molecule has 0 aromatic heterocycles. The molecule has 0 spiro atoms. The lowest BCUT2D eigenvalue weighted by Crippen LogP contribution is -2.13. The maximum atomic E-state index is 3.48. The monoisotopic (exact) mass is 236 g/mol. The van der Waals surface area contributed by atoms with Crippen LogP contribution in [-0.4, -0.2) is 25.9 Å². The molecule has 1 aliphatic heterocycles. The Balaban J connectivity index is 1.90. The van der Waals surface area contributed by atoms with Crippen LogP contribution in [0.2, 0.25) is 0 Å². The molecule has 0 aliphatic carbocycles. The van der Waals surface area contributed by atoms with E-state index in [9.17, 15) is 0 Å². The Morgan fingerprint density at radius 1 is 1.31 bits per heavy atom. The molecule has 2 N–H and O–H groups in total. The summed E-state index contributed by atoms with van der Waals surface area (Å²) in [6.07, 6.45) is 3.73. The topological polar surface area (TPSA) is 24.1 Å². The minimum Gasteiger partial charge on any atom is -0.385 e. The predicted octanol–water partition coefficient (Wildman–Crippen LogP) is 2.75. The summed E-state index contributed by atoms with van der Waals surface area (Å²) < 4.78 is 0. The number of hydrogen-bond acceptors (Lipinski definition) is 3. The van der Waals surface area contributed by atoms with Crippen molar-refractivity contribution in [2.24, 2.45) is 0 Å². The van der Waals surface area contributed by atoms with Crippen LogP contribution in [-0.2, 0) is 6.42 Å². The zero-order valence-corrected chi connectivity index (χ0v) is 10.7.